The van der Waals surface area contributed by atoms with Crippen LogP contribution in [0, 0.1) is 28.4 Å². The van der Waals surface area contributed by atoms with Gasteiger partial charge < -0.3 is 19.8 Å². The molecule has 4 fully saturated rings. The van der Waals surface area contributed by atoms with Gasteiger partial charge in [0.25, 0.3) is 0 Å². The third-order valence-corrected chi connectivity index (χ3v) is 11.9. The summed E-state index contributed by atoms with van der Waals surface area (Å²) in [5.41, 5.74) is 4.04. The van der Waals surface area contributed by atoms with Crippen LogP contribution in [-0.4, -0.2) is 89.7 Å². The molecule has 0 bridgehead atoms. The lowest BCUT2D eigenvalue weighted by atomic mass is 9.68. The van der Waals surface area contributed by atoms with E-state index >= 15 is 4.39 Å². The van der Waals surface area contributed by atoms with Crippen molar-refractivity contribution >= 4 is 44.7 Å². The van der Waals surface area contributed by atoms with Crippen molar-refractivity contribution in [3.63, 3.8) is 0 Å². The van der Waals surface area contributed by atoms with Crippen LogP contribution in [0.15, 0.2) is 42.5 Å². The summed E-state index contributed by atoms with van der Waals surface area (Å²) in [7, 11) is 1.87. The normalized spacial score (nSPS) is 19.7. The van der Waals surface area contributed by atoms with Crippen molar-refractivity contribution in [3.8, 4) is 17.3 Å². The van der Waals surface area contributed by atoms with Gasteiger partial charge in [-0.05, 0) is 81.0 Å². The van der Waals surface area contributed by atoms with E-state index in [9.17, 15) is 19.6 Å². The fourth-order valence-electron chi connectivity index (χ4n) is 7.68. The molecule has 2 aliphatic heterocycles. The number of aliphatic hydroxyl groups is 1. The highest BCUT2D eigenvalue weighted by Gasteiger charge is 2.46. The molecule has 0 radical (unpaired) electrons. The number of rotatable bonds is 7. The Morgan fingerprint density at radius 2 is 1.76 bits per heavy atom. The van der Waals surface area contributed by atoms with Gasteiger partial charge in [-0.3, -0.25) is 9.69 Å². The molecule has 2 saturated carbocycles. The highest BCUT2D eigenvalue weighted by molar-refractivity contribution is 7.16. The molecule has 2 aromatic carbocycles. The molecule has 4 heterocycles. The number of thiazole rings is 1. The standard InChI is InChI=1S/C37H39F2N7O2S/c1-43(36-42-34(32(19-40)49-36)24-4-6-25(38)7-5-24)31-18-30(23-2-3-23)41-35-28(31)16-26(17-29(35)39)45-14-12-44(13-15-45)20-33(48)46-21-37(22-46)10-8-27(47)9-11-37/h4-7,16-18,23,27,47H,2-3,8-15,20-22H2,1H3. The summed E-state index contributed by atoms with van der Waals surface area (Å²) in [6.07, 6.45) is 5.50. The molecule has 2 aromatic heterocycles. The van der Waals surface area contributed by atoms with Crippen LogP contribution in [0.2, 0.25) is 0 Å². The first-order valence-corrected chi connectivity index (χ1v) is 18.0. The van der Waals surface area contributed by atoms with E-state index in [0.717, 1.165) is 68.7 Å². The zero-order valence-corrected chi connectivity index (χ0v) is 28.4. The second-order valence-corrected chi connectivity index (χ2v) is 15.2. The maximum Gasteiger partial charge on any atom is 0.236 e. The van der Waals surface area contributed by atoms with Crippen LogP contribution in [0.25, 0.3) is 22.2 Å². The van der Waals surface area contributed by atoms with Gasteiger partial charge in [-0.1, -0.05) is 11.3 Å². The highest BCUT2D eigenvalue weighted by atomic mass is 32.1. The van der Waals surface area contributed by atoms with Crippen molar-refractivity contribution in [2.24, 2.45) is 5.41 Å². The molecule has 4 aliphatic rings. The topological polar surface area (TPSA) is 99.8 Å². The number of hydrogen-bond donors (Lipinski definition) is 1. The molecular formula is C37H39F2N7O2S. The number of amides is 1. The van der Waals surface area contributed by atoms with E-state index in [-0.39, 0.29) is 29.1 Å². The predicted molar refractivity (Wildman–Crippen MR) is 186 cm³/mol. The lowest BCUT2D eigenvalue weighted by molar-refractivity contribution is -0.148. The molecule has 4 aromatic rings. The Labute approximate surface area is 288 Å². The molecule has 2 aliphatic carbocycles. The second-order valence-electron chi connectivity index (χ2n) is 14.3. The maximum atomic E-state index is 16.0. The van der Waals surface area contributed by atoms with Crippen molar-refractivity contribution in [2.75, 3.05) is 62.7 Å². The number of piperazine rings is 1. The maximum absolute atomic E-state index is 16.0. The van der Waals surface area contributed by atoms with Gasteiger partial charge in [0.1, 0.15) is 28.0 Å². The highest BCUT2D eigenvalue weighted by Crippen LogP contribution is 2.45. The number of pyridine rings is 1. The van der Waals surface area contributed by atoms with Crippen molar-refractivity contribution in [1.29, 1.82) is 5.26 Å². The number of aromatic nitrogens is 2. The summed E-state index contributed by atoms with van der Waals surface area (Å²) in [5.74, 6) is -0.283. The van der Waals surface area contributed by atoms with Gasteiger partial charge in [-0.2, -0.15) is 5.26 Å². The van der Waals surface area contributed by atoms with Gasteiger partial charge in [0, 0.05) is 80.0 Å². The first-order valence-electron chi connectivity index (χ1n) is 17.2. The minimum Gasteiger partial charge on any atom is -0.393 e. The number of likely N-dealkylation sites (tertiary alicyclic amines) is 1. The van der Waals surface area contributed by atoms with Crippen LogP contribution in [0.4, 0.5) is 25.3 Å². The molecular weight excluding hydrogens is 645 g/mol. The lowest BCUT2D eigenvalue weighted by Gasteiger charge is -2.53. The van der Waals surface area contributed by atoms with Gasteiger partial charge in [0.05, 0.1) is 18.3 Å². The number of aliphatic hydroxyl groups excluding tert-OH is 1. The van der Waals surface area contributed by atoms with Crippen LogP contribution in [-0.2, 0) is 4.79 Å². The molecule has 12 heteroatoms. The molecule has 8 rings (SSSR count). The largest absolute Gasteiger partial charge is 0.393 e. The summed E-state index contributed by atoms with van der Waals surface area (Å²) < 4.78 is 29.6. The summed E-state index contributed by atoms with van der Waals surface area (Å²) in [4.78, 5) is 31.3. The minimum atomic E-state index is -0.381. The second kappa shape index (κ2) is 12.6. The van der Waals surface area contributed by atoms with Gasteiger partial charge >= 0.3 is 0 Å². The Balaban J connectivity index is 1.01. The molecule has 1 amide bonds. The molecule has 49 heavy (non-hydrogen) atoms. The summed E-state index contributed by atoms with van der Waals surface area (Å²) in [6.45, 7) is 4.72. The third-order valence-electron chi connectivity index (χ3n) is 10.8. The quantitative estimate of drug-likeness (QED) is 0.252. The van der Waals surface area contributed by atoms with E-state index in [1.807, 2.05) is 29.0 Å². The zero-order chi connectivity index (χ0) is 33.9. The van der Waals surface area contributed by atoms with Gasteiger partial charge in [-0.25, -0.2) is 18.7 Å². The van der Waals surface area contributed by atoms with E-state index in [2.05, 4.69) is 15.9 Å². The molecule has 0 unspecified atom stereocenters. The Hall–Kier alpha value is -4.18. The summed E-state index contributed by atoms with van der Waals surface area (Å²) in [5, 5.41) is 21.0. The zero-order valence-electron chi connectivity index (χ0n) is 27.5. The van der Waals surface area contributed by atoms with Crippen LogP contribution >= 0.6 is 11.3 Å². The van der Waals surface area contributed by atoms with E-state index in [0.29, 0.717) is 70.8 Å². The number of carbonyl (C=O) groups is 1. The third kappa shape index (κ3) is 6.24. The van der Waals surface area contributed by atoms with Crippen molar-refractivity contribution in [3.05, 3.63) is 64.7 Å². The van der Waals surface area contributed by atoms with Gasteiger partial charge in [-0.15, -0.1) is 0 Å². The monoisotopic (exact) mass is 683 g/mol. The number of fused-ring (bicyclic) bond motifs is 1. The van der Waals surface area contributed by atoms with Crippen LogP contribution in [0.1, 0.15) is 55.0 Å². The summed E-state index contributed by atoms with van der Waals surface area (Å²) in [6, 6.07) is 13.8. The van der Waals surface area contributed by atoms with Gasteiger partial charge in [0.2, 0.25) is 5.91 Å². The smallest absolute Gasteiger partial charge is 0.236 e. The van der Waals surface area contributed by atoms with E-state index in [1.165, 1.54) is 23.5 Å². The number of anilines is 3. The van der Waals surface area contributed by atoms with Crippen molar-refractivity contribution in [1.82, 2.24) is 19.8 Å². The van der Waals surface area contributed by atoms with E-state index < -0.39 is 0 Å². The Bertz CT molecular complexity index is 1930. The number of carbonyl (C=O) groups excluding carboxylic acids is 1. The SMILES string of the molecule is CN(c1nc(-c2ccc(F)cc2)c(C#N)s1)c1cc(C2CC2)nc2c(F)cc(N3CCN(CC(=O)N4CC5(CCC(O)CC5)C4)CC3)cc12. The number of benzene rings is 2. The summed E-state index contributed by atoms with van der Waals surface area (Å²) >= 11 is 1.24. The molecule has 1 spiro atoms. The Morgan fingerprint density at radius 3 is 2.43 bits per heavy atom. The van der Waals surface area contributed by atoms with E-state index in [4.69, 9.17) is 9.97 Å². The lowest BCUT2D eigenvalue weighted by Crippen LogP contribution is -2.62. The Morgan fingerprint density at radius 1 is 1.04 bits per heavy atom. The molecule has 0 atom stereocenters. The van der Waals surface area contributed by atoms with E-state index in [1.54, 1.807) is 18.2 Å². The van der Waals surface area contributed by atoms with Crippen LogP contribution < -0.4 is 9.80 Å². The van der Waals surface area contributed by atoms with Crippen LogP contribution in [0.3, 0.4) is 0 Å². The first-order chi connectivity index (χ1) is 23.7. The number of hydrogen-bond acceptors (Lipinski definition) is 9. The fraction of sp³-hybridized carbons (Fsp3) is 0.459. The molecule has 2 saturated heterocycles. The molecule has 9 nitrogen and oxygen atoms in total. The fourth-order valence-corrected chi connectivity index (χ4v) is 8.54. The average molecular weight is 684 g/mol. The Kier molecular flexibility index (Phi) is 8.25. The number of nitrogens with zero attached hydrogens (tertiary/aromatic N) is 7. The minimum absolute atomic E-state index is 0.163. The molecule has 1 N–H and O–H groups in total. The number of nitriles is 1. The predicted octanol–water partition coefficient (Wildman–Crippen LogP) is 6.04. The first kappa shape index (κ1) is 32.0. The average Bonchev–Trinajstić information content (AvgIpc) is 3.86. The number of halogens is 2. The van der Waals surface area contributed by atoms with Crippen LogP contribution in [0.5, 0.6) is 0 Å². The molecule has 254 valence electrons. The van der Waals surface area contributed by atoms with Crippen molar-refractivity contribution in [2.45, 2.75) is 50.5 Å². The van der Waals surface area contributed by atoms with Crippen molar-refractivity contribution < 1.29 is 18.7 Å². The van der Waals surface area contributed by atoms with Gasteiger partial charge in [0.15, 0.2) is 10.9 Å².